The molecule has 3 aromatic rings. The Bertz CT molecular complexity index is 940. The van der Waals surface area contributed by atoms with E-state index in [1.807, 2.05) is 11.8 Å². The lowest BCUT2D eigenvalue weighted by Crippen LogP contribution is -2.35. The van der Waals surface area contributed by atoms with E-state index in [-0.39, 0.29) is 12.4 Å². The van der Waals surface area contributed by atoms with Gasteiger partial charge in [-0.1, -0.05) is 49.0 Å². The number of hydrogen-bond donors (Lipinski definition) is 1. The van der Waals surface area contributed by atoms with Gasteiger partial charge in [0.1, 0.15) is 0 Å². The predicted molar refractivity (Wildman–Crippen MR) is 121 cm³/mol. The second kappa shape index (κ2) is 8.42. The molecule has 1 N–H and O–H groups in total. The van der Waals surface area contributed by atoms with E-state index in [0.29, 0.717) is 0 Å². The first-order chi connectivity index (χ1) is 12.8. The van der Waals surface area contributed by atoms with Crippen LogP contribution in [0.25, 0.3) is 10.8 Å². The second-order valence-electron chi connectivity index (χ2n) is 6.41. The molecule has 0 atom stereocenters. The number of nitrogens with one attached hydrogen (secondary N) is 1. The summed E-state index contributed by atoms with van der Waals surface area (Å²) in [7, 11) is 0. The molecule has 1 aliphatic rings. The lowest BCUT2D eigenvalue weighted by molar-refractivity contribution is 0.730. The molecule has 27 heavy (non-hydrogen) atoms. The number of halogens is 1. The van der Waals surface area contributed by atoms with Crippen LogP contribution in [-0.4, -0.2) is 19.6 Å². The third kappa shape index (κ3) is 3.49. The molecular formula is C22H26ClN3S. The summed E-state index contributed by atoms with van der Waals surface area (Å²) in [5.41, 5.74) is 7.36. The summed E-state index contributed by atoms with van der Waals surface area (Å²) in [4.78, 5) is 5.00. The number of hydrogen-bond acceptors (Lipinski definition) is 4. The predicted octanol–water partition coefficient (Wildman–Crippen LogP) is 6.24. The fraction of sp³-hybridized carbons (Fsp3) is 0.273. The van der Waals surface area contributed by atoms with Gasteiger partial charge in [-0.15, -0.1) is 12.4 Å². The van der Waals surface area contributed by atoms with E-state index in [4.69, 9.17) is 0 Å². The Kier molecular flexibility index (Phi) is 6.20. The third-order valence-electron chi connectivity index (χ3n) is 4.94. The number of hydrazine groups is 1. The van der Waals surface area contributed by atoms with E-state index >= 15 is 0 Å². The van der Waals surface area contributed by atoms with Crippen molar-refractivity contribution in [2.24, 2.45) is 0 Å². The van der Waals surface area contributed by atoms with Gasteiger partial charge < -0.3 is 4.90 Å². The lowest BCUT2D eigenvalue weighted by atomic mass is 10.1. The molecular weight excluding hydrogens is 374 g/mol. The highest BCUT2D eigenvalue weighted by Crippen LogP contribution is 2.50. The number of anilines is 3. The van der Waals surface area contributed by atoms with E-state index in [9.17, 15) is 0 Å². The Labute approximate surface area is 172 Å². The van der Waals surface area contributed by atoms with Crippen LogP contribution in [0.1, 0.15) is 20.8 Å². The normalized spacial score (nSPS) is 12.3. The Morgan fingerprint density at radius 3 is 2.44 bits per heavy atom. The monoisotopic (exact) mass is 399 g/mol. The molecule has 0 unspecified atom stereocenters. The smallest absolute Gasteiger partial charge is 0.0795 e. The molecule has 4 rings (SSSR count). The summed E-state index contributed by atoms with van der Waals surface area (Å²) in [6.45, 7) is 9.50. The van der Waals surface area contributed by atoms with Crippen molar-refractivity contribution in [1.29, 1.82) is 0 Å². The fourth-order valence-corrected chi connectivity index (χ4v) is 4.78. The van der Waals surface area contributed by atoms with Gasteiger partial charge in [0.2, 0.25) is 0 Å². The molecule has 0 saturated heterocycles. The standard InChI is InChI=1S/C22H25N3S.ClH/c1-4-23-25-19-13-12-17(24(5-2)6-3)15-21(19)26-20-14-11-16-9-7-8-10-18(16)22(20)25;/h7-15,23H,4-6H2,1-3H3;1H. The molecule has 0 bridgehead atoms. The molecule has 0 aromatic heterocycles. The van der Waals surface area contributed by atoms with E-state index in [1.165, 1.54) is 37.6 Å². The largest absolute Gasteiger partial charge is 0.372 e. The Hall–Kier alpha value is -1.88. The minimum Gasteiger partial charge on any atom is -0.372 e. The third-order valence-corrected chi connectivity index (χ3v) is 6.03. The average molecular weight is 400 g/mol. The molecule has 1 heterocycles. The van der Waals surface area contributed by atoms with Gasteiger partial charge in [-0.05, 0) is 43.5 Å². The van der Waals surface area contributed by atoms with Crippen molar-refractivity contribution in [2.45, 2.75) is 30.6 Å². The highest BCUT2D eigenvalue weighted by molar-refractivity contribution is 7.99. The molecule has 0 amide bonds. The van der Waals surface area contributed by atoms with Crippen LogP contribution in [-0.2, 0) is 0 Å². The molecule has 5 heteroatoms. The van der Waals surface area contributed by atoms with Crippen LogP contribution >= 0.6 is 24.2 Å². The maximum absolute atomic E-state index is 3.57. The maximum atomic E-state index is 3.57. The summed E-state index contributed by atoms with van der Waals surface area (Å²) in [6, 6.07) is 19.9. The minimum atomic E-state index is 0. The Balaban J connectivity index is 0.00000210. The number of fused-ring (bicyclic) bond motifs is 4. The molecule has 0 spiro atoms. The first kappa shape index (κ1) is 19.9. The second-order valence-corrected chi connectivity index (χ2v) is 7.49. The Morgan fingerprint density at radius 1 is 0.926 bits per heavy atom. The van der Waals surface area contributed by atoms with Crippen LogP contribution in [0, 0.1) is 0 Å². The molecule has 3 aromatic carbocycles. The number of benzene rings is 3. The molecule has 0 fully saturated rings. The van der Waals surface area contributed by atoms with Gasteiger partial charge in [-0.3, -0.25) is 5.01 Å². The van der Waals surface area contributed by atoms with Crippen LogP contribution in [0.3, 0.4) is 0 Å². The zero-order valence-corrected chi connectivity index (χ0v) is 17.7. The van der Waals surface area contributed by atoms with Gasteiger partial charge in [0, 0.05) is 40.5 Å². The summed E-state index contributed by atoms with van der Waals surface area (Å²) in [5, 5.41) is 4.84. The number of rotatable bonds is 5. The lowest BCUT2D eigenvalue weighted by Gasteiger charge is -2.34. The zero-order valence-electron chi connectivity index (χ0n) is 16.0. The van der Waals surface area contributed by atoms with Crippen molar-refractivity contribution < 1.29 is 0 Å². The summed E-state index contributed by atoms with van der Waals surface area (Å²) >= 11 is 1.87. The van der Waals surface area contributed by atoms with E-state index in [2.05, 4.69) is 90.7 Å². The van der Waals surface area contributed by atoms with Crippen molar-refractivity contribution in [3.63, 3.8) is 0 Å². The molecule has 0 radical (unpaired) electrons. The first-order valence-electron chi connectivity index (χ1n) is 9.39. The van der Waals surface area contributed by atoms with Crippen LogP contribution in [0.5, 0.6) is 0 Å². The van der Waals surface area contributed by atoms with Crippen molar-refractivity contribution in [3.8, 4) is 0 Å². The van der Waals surface area contributed by atoms with Crippen LogP contribution in [0.2, 0.25) is 0 Å². The van der Waals surface area contributed by atoms with Crippen molar-refractivity contribution in [3.05, 3.63) is 54.6 Å². The fourth-order valence-electron chi connectivity index (χ4n) is 3.66. The zero-order chi connectivity index (χ0) is 18.1. The van der Waals surface area contributed by atoms with Crippen molar-refractivity contribution in [2.75, 3.05) is 29.5 Å². The van der Waals surface area contributed by atoms with Crippen molar-refractivity contribution >= 4 is 52.0 Å². The SMILES string of the molecule is CCNN1c2ccc(N(CC)CC)cc2Sc2ccc3ccccc3c21.Cl. The summed E-state index contributed by atoms with van der Waals surface area (Å²) in [5.74, 6) is 0. The quantitative estimate of drug-likeness (QED) is 0.547. The number of nitrogens with zero attached hydrogens (tertiary/aromatic N) is 2. The van der Waals surface area contributed by atoms with Gasteiger partial charge in [0.25, 0.3) is 0 Å². The van der Waals surface area contributed by atoms with Gasteiger partial charge in [0.15, 0.2) is 0 Å². The molecule has 1 aliphatic heterocycles. The molecule has 0 aliphatic carbocycles. The van der Waals surface area contributed by atoms with Gasteiger partial charge in [-0.25, -0.2) is 5.43 Å². The van der Waals surface area contributed by atoms with Gasteiger partial charge in [0.05, 0.1) is 11.4 Å². The van der Waals surface area contributed by atoms with E-state index < -0.39 is 0 Å². The highest BCUT2D eigenvalue weighted by Gasteiger charge is 2.25. The van der Waals surface area contributed by atoms with Gasteiger partial charge >= 0.3 is 0 Å². The first-order valence-corrected chi connectivity index (χ1v) is 10.2. The van der Waals surface area contributed by atoms with Crippen LogP contribution in [0.4, 0.5) is 17.1 Å². The van der Waals surface area contributed by atoms with E-state index in [1.54, 1.807) is 0 Å². The maximum Gasteiger partial charge on any atom is 0.0795 e. The Morgan fingerprint density at radius 2 is 1.70 bits per heavy atom. The summed E-state index contributed by atoms with van der Waals surface area (Å²) in [6.07, 6.45) is 0. The molecule has 3 nitrogen and oxygen atoms in total. The molecule has 0 saturated carbocycles. The summed E-state index contributed by atoms with van der Waals surface area (Å²) < 4.78 is 0. The van der Waals surface area contributed by atoms with Crippen LogP contribution in [0.15, 0.2) is 64.4 Å². The minimum absolute atomic E-state index is 0. The molecule has 142 valence electrons. The van der Waals surface area contributed by atoms with Crippen LogP contribution < -0.4 is 15.3 Å². The van der Waals surface area contributed by atoms with Gasteiger partial charge in [-0.2, -0.15) is 0 Å². The average Bonchev–Trinajstić information content (AvgIpc) is 2.68. The highest BCUT2D eigenvalue weighted by atomic mass is 35.5. The van der Waals surface area contributed by atoms with Crippen molar-refractivity contribution in [1.82, 2.24) is 5.43 Å². The van der Waals surface area contributed by atoms with E-state index in [0.717, 1.165) is 19.6 Å². The topological polar surface area (TPSA) is 18.5 Å².